The van der Waals surface area contributed by atoms with Crippen LogP contribution < -0.4 is 0 Å². The summed E-state index contributed by atoms with van der Waals surface area (Å²) in [6.45, 7) is 11.5. The van der Waals surface area contributed by atoms with Gasteiger partial charge in [0.1, 0.15) is 19.3 Å². The normalized spacial score (nSPS) is 14.5. The van der Waals surface area contributed by atoms with Gasteiger partial charge in [-0.1, -0.05) is 228 Å². The first-order valence-corrected chi connectivity index (χ1v) is 33.8. The molecule has 0 heterocycles. The Labute approximate surface area is 473 Å². The van der Waals surface area contributed by atoms with Crippen LogP contribution in [0, 0.1) is 17.8 Å². The number of rotatable bonds is 57. The van der Waals surface area contributed by atoms with Crippen LogP contribution in [0.25, 0.3) is 0 Å². The Kier molecular flexibility index (Phi) is 49.5. The molecule has 2 unspecified atom stereocenters. The third kappa shape index (κ3) is 53.4. The molecule has 0 aromatic rings. The number of aliphatic hydroxyl groups is 1. The first kappa shape index (κ1) is 76.1. The van der Waals surface area contributed by atoms with Gasteiger partial charge < -0.3 is 33.8 Å². The minimum absolute atomic E-state index is 0.101. The van der Waals surface area contributed by atoms with Crippen LogP contribution >= 0.6 is 15.6 Å². The lowest BCUT2D eigenvalue weighted by Gasteiger charge is -2.21. The van der Waals surface area contributed by atoms with Gasteiger partial charge in [0.15, 0.2) is 12.2 Å². The van der Waals surface area contributed by atoms with Crippen LogP contribution in [-0.4, -0.2) is 96.7 Å². The van der Waals surface area contributed by atoms with Crippen LogP contribution in [-0.2, 0) is 65.4 Å². The summed E-state index contributed by atoms with van der Waals surface area (Å²) in [5.74, 6) is -0.00971. The zero-order valence-electron chi connectivity index (χ0n) is 50.1. The molecule has 0 radical (unpaired) electrons. The van der Waals surface area contributed by atoms with Gasteiger partial charge in [0.25, 0.3) is 0 Å². The molecule has 0 aliphatic rings. The minimum Gasteiger partial charge on any atom is -0.462 e. The van der Waals surface area contributed by atoms with E-state index in [1.807, 2.05) is 0 Å². The van der Waals surface area contributed by atoms with E-state index in [1.165, 1.54) is 83.5 Å². The maximum absolute atomic E-state index is 12.9. The predicted octanol–water partition coefficient (Wildman–Crippen LogP) is 15.6. The topological polar surface area (TPSA) is 237 Å². The van der Waals surface area contributed by atoms with E-state index in [4.69, 9.17) is 37.0 Å². The summed E-state index contributed by atoms with van der Waals surface area (Å²) in [7, 11) is -9.87. The second kappa shape index (κ2) is 50.8. The smallest absolute Gasteiger partial charge is 0.462 e. The average Bonchev–Trinajstić information content (AvgIpc) is 3.38. The fraction of sp³-hybridized carbons (Fsp3) is 0.932. The molecule has 0 saturated carbocycles. The molecular weight excluding hydrogens is 1040 g/mol. The lowest BCUT2D eigenvalue weighted by molar-refractivity contribution is -0.161. The number of carbonyl (C=O) groups is 4. The molecule has 0 aliphatic heterocycles. The number of carbonyl (C=O) groups excluding carboxylic acids is 4. The molecular formula is C59H114O17P2. The minimum atomic E-state index is -4.94. The van der Waals surface area contributed by atoms with Crippen molar-refractivity contribution in [2.24, 2.45) is 17.8 Å². The Balaban J connectivity index is 5.19. The van der Waals surface area contributed by atoms with E-state index in [0.29, 0.717) is 31.6 Å². The van der Waals surface area contributed by atoms with Crippen LogP contribution in [0.4, 0.5) is 0 Å². The standard InChI is InChI=1S/C59H114O17P2/c1-8-9-10-23-33-40-56(61)69-46-54(76-59(64)43-36-29-22-21-26-32-39-52(6)7)48-73-77(65,66)71-44-53(60)45-72-78(67,68)74-49-55(47-70-57(62)41-34-27-19-16-15-18-25-31-38-51(4)5)75-58(63)42-35-28-20-14-12-11-13-17-24-30-37-50(2)3/h50-55,60H,8-49H2,1-7H3,(H,65,66)(H,67,68)/t53-,54+,55+/m0/s1. The molecule has 0 bridgehead atoms. The fourth-order valence-corrected chi connectivity index (χ4v) is 10.2. The van der Waals surface area contributed by atoms with Gasteiger partial charge in [-0.15, -0.1) is 0 Å². The summed E-state index contributed by atoms with van der Waals surface area (Å²) in [4.78, 5) is 71.7. The van der Waals surface area contributed by atoms with Crippen LogP contribution in [0.1, 0.15) is 280 Å². The number of hydrogen-bond acceptors (Lipinski definition) is 15. The van der Waals surface area contributed by atoms with Gasteiger partial charge >= 0.3 is 39.5 Å². The Bertz CT molecular complexity index is 1560. The van der Waals surface area contributed by atoms with E-state index in [0.717, 1.165) is 108 Å². The second-order valence-corrected chi connectivity index (χ2v) is 25.7. The monoisotopic (exact) mass is 1160 g/mol. The number of hydrogen-bond donors (Lipinski definition) is 3. The van der Waals surface area contributed by atoms with Crippen LogP contribution in [0.15, 0.2) is 0 Å². The summed E-state index contributed by atoms with van der Waals surface area (Å²) in [6.07, 6.45) is 29.9. The summed E-state index contributed by atoms with van der Waals surface area (Å²) < 4.78 is 67.6. The molecule has 0 saturated heterocycles. The van der Waals surface area contributed by atoms with Gasteiger partial charge in [0, 0.05) is 25.7 Å². The molecule has 0 rings (SSSR count). The second-order valence-electron chi connectivity index (χ2n) is 22.8. The number of unbranched alkanes of at least 4 members (excludes halogenated alkanes) is 25. The molecule has 0 aliphatic carbocycles. The van der Waals surface area contributed by atoms with Gasteiger partial charge in [-0.3, -0.25) is 37.3 Å². The van der Waals surface area contributed by atoms with Crippen LogP contribution in [0.5, 0.6) is 0 Å². The first-order chi connectivity index (χ1) is 37.2. The number of phosphoric acid groups is 2. The molecule has 0 aromatic heterocycles. The zero-order valence-corrected chi connectivity index (χ0v) is 51.9. The Morgan fingerprint density at radius 2 is 0.590 bits per heavy atom. The van der Waals surface area contributed by atoms with Gasteiger partial charge in [0.05, 0.1) is 26.4 Å². The lowest BCUT2D eigenvalue weighted by Crippen LogP contribution is -2.30. The van der Waals surface area contributed by atoms with Gasteiger partial charge in [-0.05, 0) is 43.4 Å². The number of aliphatic hydroxyl groups excluding tert-OH is 1. The lowest BCUT2D eigenvalue weighted by atomic mass is 10.0. The summed E-state index contributed by atoms with van der Waals surface area (Å²) in [5.41, 5.74) is 0. The van der Waals surface area contributed by atoms with Crippen molar-refractivity contribution >= 4 is 39.5 Å². The van der Waals surface area contributed by atoms with Crippen molar-refractivity contribution in [3.05, 3.63) is 0 Å². The quantitative estimate of drug-likeness (QED) is 0.0222. The molecule has 3 N–H and O–H groups in total. The molecule has 0 spiro atoms. The van der Waals surface area contributed by atoms with E-state index < -0.39 is 97.5 Å². The molecule has 78 heavy (non-hydrogen) atoms. The number of ether oxygens (including phenoxy) is 4. The molecule has 0 amide bonds. The molecule has 462 valence electrons. The van der Waals surface area contributed by atoms with E-state index >= 15 is 0 Å². The third-order valence-electron chi connectivity index (χ3n) is 13.4. The van der Waals surface area contributed by atoms with Crippen molar-refractivity contribution < 1.29 is 80.2 Å². The summed E-state index contributed by atoms with van der Waals surface area (Å²) in [5, 5.41) is 10.5. The van der Waals surface area contributed by atoms with E-state index in [-0.39, 0.29) is 25.7 Å². The molecule has 0 aromatic carbocycles. The predicted molar refractivity (Wildman–Crippen MR) is 308 cm³/mol. The molecule has 19 heteroatoms. The summed E-state index contributed by atoms with van der Waals surface area (Å²) >= 11 is 0. The third-order valence-corrected chi connectivity index (χ3v) is 15.3. The van der Waals surface area contributed by atoms with Crippen molar-refractivity contribution in [2.45, 2.75) is 298 Å². The first-order valence-electron chi connectivity index (χ1n) is 30.8. The van der Waals surface area contributed by atoms with E-state index in [1.54, 1.807) is 0 Å². The fourth-order valence-electron chi connectivity index (χ4n) is 8.60. The van der Waals surface area contributed by atoms with E-state index in [9.17, 15) is 43.2 Å². The molecule has 5 atom stereocenters. The number of phosphoric ester groups is 2. The average molecular weight is 1160 g/mol. The molecule has 0 fully saturated rings. The Hall–Kier alpha value is -1.94. The highest BCUT2D eigenvalue weighted by Gasteiger charge is 2.30. The van der Waals surface area contributed by atoms with Crippen molar-refractivity contribution in [3.8, 4) is 0 Å². The van der Waals surface area contributed by atoms with Crippen molar-refractivity contribution in [1.29, 1.82) is 0 Å². The highest BCUT2D eigenvalue weighted by atomic mass is 31.2. The Morgan fingerprint density at radius 3 is 0.872 bits per heavy atom. The van der Waals surface area contributed by atoms with E-state index in [2.05, 4.69) is 48.5 Å². The summed E-state index contributed by atoms with van der Waals surface area (Å²) in [6, 6.07) is 0. The maximum atomic E-state index is 12.9. The van der Waals surface area contributed by atoms with Crippen LogP contribution in [0.3, 0.4) is 0 Å². The zero-order chi connectivity index (χ0) is 58.1. The highest BCUT2D eigenvalue weighted by molar-refractivity contribution is 7.47. The van der Waals surface area contributed by atoms with Crippen molar-refractivity contribution in [3.63, 3.8) is 0 Å². The number of esters is 4. The van der Waals surface area contributed by atoms with Crippen molar-refractivity contribution in [2.75, 3.05) is 39.6 Å². The van der Waals surface area contributed by atoms with Gasteiger partial charge in [0.2, 0.25) is 0 Å². The molecule has 17 nitrogen and oxygen atoms in total. The Morgan fingerprint density at radius 1 is 0.346 bits per heavy atom. The largest absolute Gasteiger partial charge is 0.472 e. The maximum Gasteiger partial charge on any atom is 0.472 e. The highest BCUT2D eigenvalue weighted by Crippen LogP contribution is 2.45. The SMILES string of the molecule is CCCCCCCC(=O)OC[C@H](COP(=O)(O)OC[C@H](O)COP(=O)(O)OC[C@@H](COC(=O)CCCCCCCCCCC(C)C)OC(=O)CCCCCCCCCCCCC(C)C)OC(=O)CCCCCCCCC(C)C. The van der Waals surface area contributed by atoms with Gasteiger partial charge in [-0.25, -0.2) is 9.13 Å². The van der Waals surface area contributed by atoms with Gasteiger partial charge in [-0.2, -0.15) is 0 Å². The van der Waals surface area contributed by atoms with Crippen molar-refractivity contribution in [1.82, 2.24) is 0 Å². The van der Waals surface area contributed by atoms with Crippen LogP contribution in [0.2, 0.25) is 0 Å².